The Morgan fingerprint density at radius 3 is 1.31 bits per heavy atom. The van der Waals surface area contributed by atoms with Crippen LogP contribution in [0.3, 0.4) is 0 Å². The van der Waals surface area contributed by atoms with Crippen LogP contribution < -0.4 is 6.15 Å². The zero-order valence-electron chi connectivity index (χ0n) is 8.78. The van der Waals surface area contributed by atoms with E-state index in [1.165, 1.54) is 0 Å². The van der Waals surface area contributed by atoms with E-state index in [0.29, 0.717) is 0 Å². The molecule has 0 unspecified atom stereocenters. The first-order chi connectivity index (χ1) is 6.63. The first kappa shape index (κ1) is 20.9. The smallest absolute Gasteiger partial charge is 0.289 e. The van der Waals surface area contributed by atoms with Crippen molar-refractivity contribution in [3.63, 3.8) is 0 Å². The van der Waals surface area contributed by atoms with Crippen LogP contribution in [0.5, 0.6) is 0 Å². The number of hydrogen-bond acceptors (Lipinski definition) is 9. The molecule has 0 aliphatic heterocycles. The molecule has 16 heavy (non-hydrogen) atoms. The van der Waals surface area contributed by atoms with Crippen molar-refractivity contribution in [2.24, 2.45) is 0 Å². The molecular weight excluding hydrogens is 247 g/mol. The Morgan fingerprint density at radius 1 is 1.12 bits per heavy atom. The summed E-state index contributed by atoms with van der Waals surface area (Å²) in [6.45, 7) is -1.61. The molecule has 11 heteroatoms. The molecule has 0 aliphatic carbocycles. The minimum Gasteiger partial charge on any atom is -0.389 e. The third kappa shape index (κ3) is 10.1. The molecule has 0 fully saturated rings. The molecule has 0 bridgehead atoms. The van der Waals surface area contributed by atoms with Gasteiger partial charge >= 0.3 is 29.3 Å². The molecule has 0 atom stereocenters. The van der Waals surface area contributed by atoms with E-state index in [-0.39, 0.29) is 6.15 Å². The molecular formula is C5H19N2O8P. The predicted octanol–water partition coefficient (Wildman–Crippen LogP) is -2.77. The summed E-state index contributed by atoms with van der Waals surface area (Å²) in [5.41, 5.74) is -1.99. The number of nitrogens with zero attached hydrogens (tertiary/aromatic N) is 1. The summed E-state index contributed by atoms with van der Waals surface area (Å²) in [4.78, 5) is 32.5. The van der Waals surface area contributed by atoms with Gasteiger partial charge in [0.25, 0.3) is 5.54 Å². The molecule has 102 valence electrons. The van der Waals surface area contributed by atoms with Crippen LogP contribution in [-0.2, 0) is 0 Å². The fourth-order valence-corrected chi connectivity index (χ4v) is 0.323. The normalized spacial score (nSPS) is 11.9. The van der Waals surface area contributed by atoms with E-state index < -0.39 is 38.2 Å². The average Bonchev–Trinajstić information content (AvgIpc) is 2.05. The van der Waals surface area contributed by atoms with Gasteiger partial charge in [-0.1, -0.05) is 0 Å². The van der Waals surface area contributed by atoms with Crippen LogP contribution in [-0.4, -0.2) is 66.9 Å². The van der Waals surface area contributed by atoms with E-state index in [1.54, 1.807) is 0 Å². The molecule has 0 saturated carbocycles. The SMILES string of the molecule is C[PH](O)(O)O.N.O=[N+]([O-])C(CO)(CO)CO. The Kier molecular flexibility index (Phi) is 11.3. The van der Waals surface area contributed by atoms with E-state index in [1.807, 2.05) is 0 Å². The maximum absolute atomic E-state index is 10.0. The molecule has 0 heterocycles. The third-order valence-electron chi connectivity index (χ3n) is 1.27. The van der Waals surface area contributed by atoms with Crippen LogP contribution in [0.25, 0.3) is 0 Å². The largest absolute Gasteiger partial charge is 0.389 e. The summed E-state index contributed by atoms with van der Waals surface area (Å²) < 4.78 is 0. The van der Waals surface area contributed by atoms with Crippen LogP contribution in [0.15, 0.2) is 0 Å². The molecule has 0 aromatic rings. The van der Waals surface area contributed by atoms with Gasteiger partial charge in [0.1, 0.15) is 19.8 Å². The predicted molar refractivity (Wildman–Crippen MR) is 56.9 cm³/mol. The molecule has 0 aromatic heterocycles. The summed E-state index contributed by atoms with van der Waals surface area (Å²) in [6.07, 6.45) is 0. The fourth-order valence-electron chi connectivity index (χ4n) is 0.323. The van der Waals surface area contributed by atoms with E-state index in [2.05, 4.69) is 0 Å². The Hall–Kier alpha value is -0.450. The van der Waals surface area contributed by atoms with Gasteiger partial charge in [0.15, 0.2) is 0 Å². The molecule has 0 radical (unpaired) electrons. The molecule has 0 amide bonds. The number of rotatable bonds is 4. The van der Waals surface area contributed by atoms with Crippen LogP contribution in [0.2, 0.25) is 0 Å². The Bertz CT molecular complexity index is 177. The van der Waals surface area contributed by atoms with Crippen molar-refractivity contribution < 1.29 is 34.9 Å². The zero-order chi connectivity index (χ0) is 12.7. The van der Waals surface area contributed by atoms with Crippen molar-refractivity contribution in [2.45, 2.75) is 5.54 Å². The van der Waals surface area contributed by atoms with Gasteiger partial charge in [0.2, 0.25) is 0 Å². The van der Waals surface area contributed by atoms with Gasteiger partial charge in [-0.3, -0.25) is 10.1 Å². The third-order valence-corrected chi connectivity index (χ3v) is 1.27. The monoisotopic (exact) mass is 266 g/mol. The quantitative estimate of drug-likeness (QED) is 0.160. The molecule has 0 rings (SSSR count). The topological polar surface area (TPSA) is 200 Å². The van der Waals surface area contributed by atoms with Gasteiger partial charge < -0.3 is 21.5 Å². The van der Waals surface area contributed by atoms with Gasteiger partial charge in [-0.15, -0.1) is 0 Å². The standard InChI is InChI=1S/C4H9NO5.CH7O3P.H3N/c6-1-4(2-7,3-8)5(9)10;1-5(2,3)4;/h6-8H,1-3H2;2-5H,1H3;1H3. The maximum Gasteiger partial charge on any atom is 0.289 e. The second kappa shape index (κ2) is 8.67. The molecule has 0 saturated heterocycles. The maximum atomic E-state index is 10.0. The van der Waals surface area contributed by atoms with Crippen molar-refractivity contribution in [3.8, 4) is 0 Å². The van der Waals surface area contributed by atoms with E-state index in [0.717, 1.165) is 6.66 Å². The second-order valence-electron chi connectivity index (χ2n) is 2.93. The van der Waals surface area contributed by atoms with Crippen molar-refractivity contribution in [1.82, 2.24) is 6.15 Å². The van der Waals surface area contributed by atoms with E-state index in [9.17, 15) is 10.1 Å². The number of aliphatic hydroxyl groups is 3. The molecule has 9 N–H and O–H groups in total. The zero-order valence-corrected chi connectivity index (χ0v) is 9.78. The molecule has 0 spiro atoms. The Balaban J connectivity index is -0.000000242. The fraction of sp³-hybridized carbons (Fsp3) is 1.00. The van der Waals surface area contributed by atoms with Gasteiger partial charge in [0, 0.05) is 4.92 Å². The second-order valence-corrected chi connectivity index (χ2v) is 4.87. The molecule has 0 aromatic carbocycles. The summed E-state index contributed by atoms with van der Waals surface area (Å²) in [7, 11) is -3.61. The van der Waals surface area contributed by atoms with Crippen LogP contribution in [0.4, 0.5) is 0 Å². The van der Waals surface area contributed by atoms with Crippen molar-refractivity contribution in [3.05, 3.63) is 10.1 Å². The van der Waals surface area contributed by atoms with Crippen molar-refractivity contribution in [2.75, 3.05) is 26.5 Å². The number of nitro groups is 1. The summed E-state index contributed by atoms with van der Waals surface area (Å²) in [6, 6.07) is 0. The van der Waals surface area contributed by atoms with Gasteiger partial charge in [-0.05, 0) is 0 Å². The molecule has 0 aliphatic rings. The van der Waals surface area contributed by atoms with Crippen LogP contribution in [0.1, 0.15) is 0 Å². The number of hydrogen-bond donors (Lipinski definition) is 7. The van der Waals surface area contributed by atoms with Gasteiger partial charge in [-0.25, -0.2) is 0 Å². The first-order valence-corrected chi connectivity index (χ1v) is 6.11. The van der Waals surface area contributed by atoms with Crippen LogP contribution in [0, 0.1) is 10.1 Å². The first-order valence-electron chi connectivity index (χ1n) is 3.77. The minimum atomic E-state index is -3.61. The summed E-state index contributed by atoms with van der Waals surface area (Å²) in [5.74, 6) is 0. The Labute approximate surface area is 92.1 Å². The number of aliphatic hydroxyl groups excluding tert-OH is 3. The molecule has 10 nitrogen and oxygen atoms in total. The Morgan fingerprint density at radius 2 is 1.31 bits per heavy atom. The minimum absolute atomic E-state index is 0. The summed E-state index contributed by atoms with van der Waals surface area (Å²) in [5, 5.41) is 35.2. The van der Waals surface area contributed by atoms with Gasteiger partial charge in [-0.2, -0.15) is 0 Å². The van der Waals surface area contributed by atoms with Crippen LogP contribution >= 0.6 is 7.94 Å². The van der Waals surface area contributed by atoms with Crippen molar-refractivity contribution in [1.29, 1.82) is 0 Å². The summed E-state index contributed by atoms with van der Waals surface area (Å²) >= 11 is 0. The van der Waals surface area contributed by atoms with Gasteiger partial charge in [0.05, 0.1) is 0 Å². The van der Waals surface area contributed by atoms with E-state index in [4.69, 9.17) is 30.0 Å². The van der Waals surface area contributed by atoms with E-state index >= 15 is 0 Å². The average molecular weight is 266 g/mol. The van der Waals surface area contributed by atoms with Crippen molar-refractivity contribution >= 4 is 7.94 Å².